The molecule has 0 N–H and O–H groups in total. The van der Waals surface area contributed by atoms with Crippen LogP contribution in [-0.2, 0) is 4.79 Å². The van der Waals surface area contributed by atoms with E-state index in [1.807, 2.05) is 6.92 Å². The predicted octanol–water partition coefficient (Wildman–Crippen LogP) is 0.572. The maximum Gasteiger partial charge on any atom is 2.00 e. The van der Waals surface area contributed by atoms with Crippen LogP contribution in [0, 0.1) is 5.92 Å². The van der Waals surface area contributed by atoms with Gasteiger partial charge in [0.1, 0.15) is 0 Å². The standard InChI is InChI=1S/C8H16O2.Pb/c1-3-5-6-7(4-2)8(9)10;/h7H,3-6H2,1-2H3,(H,9,10);/q;+2/p-1. The number of carboxylic acids is 1. The third-order valence-electron chi connectivity index (χ3n) is 1.73. The number of carboxylic acid groups (broad SMARTS) is 1. The Morgan fingerprint density at radius 3 is 2.27 bits per heavy atom. The molecular weight excluding hydrogens is 335 g/mol. The van der Waals surface area contributed by atoms with Crippen molar-refractivity contribution in [1.29, 1.82) is 0 Å². The fourth-order valence-corrected chi connectivity index (χ4v) is 0.939. The second-order valence-corrected chi connectivity index (χ2v) is 2.57. The van der Waals surface area contributed by atoms with Gasteiger partial charge in [-0.15, -0.1) is 0 Å². The molecule has 0 heterocycles. The van der Waals surface area contributed by atoms with Gasteiger partial charge in [-0.25, -0.2) is 0 Å². The summed E-state index contributed by atoms with van der Waals surface area (Å²) in [6.45, 7) is 3.94. The summed E-state index contributed by atoms with van der Waals surface area (Å²) < 4.78 is 0. The third-order valence-corrected chi connectivity index (χ3v) is 1.73. The van der Waals surface area contributed by atoms with Gasteiger partial charge in [-0.1, -0.05) is 26.7 Å². The molecule has 62 valence electrons. The molecule has 0 bridgehead atoms. The monoisotopic (exact) mass is 351 g/mol. The molecule has 0 fully saturated rings. The summed E-state index contributed by atoms with van der Waals surface area (Å²) in [5, 5.41) is 10.3. The van der Waals surface area contributed by atoms with E-state index in [1.165, 1.54) is 0 Å². The third kappa shape index (κ3) is 6.78. The van der Waals surface area contributed by atoms with E-state index < -0.39 is 5.97 Å². The molecule has 2 radical (unpaired) electrons. The molecule has 0 aromatic carbocycles. The van der Waals surface area contributed by atoms with Crippen LogP contribution in [0.15, 0.2) is 0 Å². The van der Waals surface area contributed by atoms with Gasteiger partial charge in [-0.2, -0.15) is 0 Å². The summed E-state index contributed by atoms with van der Waals surface area (Å²) >= 11 is 0. The van der Waals surface area contributed by atoms with Gasteiger partial charge < -0.3 is 9.90 Å². The molecule has 1 atom stereocenters. The molecule has 2 nitrogen and oxygen atoms in total. The normalized spacial score (nSPS) is 11.8. The molecule has 1 unspecified atom stereocenters. The van der Waals surface area contributed by atoms with Crippen molar-refractivity contribution in [3.8, 4) is 0 Å². The first-order valence-corrected chi connectivity index (χ1v) is 3.93. The van der Waals surface area contributed by atoms with E-state index in [1.54, 1.807) is 0 Å². The Bertz CT molecular complexity index is 104. The van der Waals surface area contributed by atoms with Crippen LogP contribution in [0.25, 0.3) is 0 Å². The molecule has 0 saturated heterocycles. The first kappa shape index (κ1) is 13.9. The Balaban J connectivity index is 0. The molecule has 0 aliphatic heterocycles. The number of unbranched alkanes of at least 4 members (excludes halogenated alkanes) is 1. The van der Waals surface area contributed by atoms with Crippen molar-refractivity contribution < 1.29 is 9.90 Å². The van der Waals surface area contributed by atoms with Crippen LogP contribution in [0.1, 0.15) is 39.5 Å². The van der Waals surface area contributed by atoms with Crippen molar-refractivity contribution >= 4 is 33.3 Å². The van der Waals surface area contributed by atoms with E-state index in [2.05, 4.69) is 6.92 Å². The predicted molar refractivity (Wildman–Crippen MR) is 44.1 cm³/mol. The maximum atomic E-state index is 10.3. The van der Waals surface area contributed by atoms with Crippen LogP contribution in [0.5, 0.6) is 0 Å². The van der Waals surface area contributed by atoms with Gasteiger partial charge in [-0.3, -0.25) is 0 Å². The van der Waals surface area contributed by atoms with Crippen molar-refractivity contribution in [2.45, 2.75) is 39.5 Å². The quantitative estimate of drug-likeness (QED) is 0.681. The van der Waals surface area contributed by atoms with E-state index in [0.717, 1.165) is 19.3 Å². The zero-order valence-corrected chi connectivity index (χ0v) is 11.1. The number of carbonyl (C=O) groups excluding carboxylic acids is 1. The number of hydrogen-bond donors (Lipinski definition) is 0. The Kier molecular flexibility index (Phi) is 10.8. The van der Waals surface area contributed by atoms with Gasteiger partial charge in [0, 0.05) is 5.97 Å². The smallest absolute Gasteiger partial charge is 0.550 e. The Morgan fingerprint density at radius 2 is 2.00 bits per heavy atom. The average Bonchev–Trinajstić information content (AvgIpc) is 1.89. The minimum Gasteiger partial charge on any atom is -0.550 e. The first-order valence-electron chi connectivity index (χ1n) is 3.93. The van der Waals surface area contributed by atoms with Crippen molar-refractivity contribution in [1.82, 2.24) is 0 Å². The molecule has 3 heteroatoms. The SMILES string of the molecule is CCCCC(CC)C(=O)[O-].[Pb+2]. The molecule has 0 amide bonds. The van der Waals surface area contributed by atoms with E-state index in [-0.39, 0.29) is 33.2 Å². The average molecular weight is 350 g/mol. The molecule has 0 aromatic heterocycles. The van der Waals surface area contributed by atoms with Crippen molar-refractivity contribution in [2.24, 2.45) is 5.92 Å². The second-order valence-electron chi connectivity index (χ2n) is 2.57. The minimum absolute atomic E-state index is 0. The molecule has 0 spiro atoms. The van der Waals surface area contributed by atoms with Gasteiger partial charge in [0.25, 0.3) is 0 Å². The molecule has 0 aliphatic carbocycles. The largest absolute Gasteiger partial charge is 2.00 e. The summed E-state index contributed by atoms with van der Waals surface area (Å²) in [5.74, 6) is -1.11. The summed E-state index contributed by atoms with van der Waals surface area (Å²) in [6.07, 6.45) is 3.52. The zero-order chi connectivity index (χ0) is 7.98. The fourth-order valence-electron chi connectivity index (χ4n) is 0.939. The summed E-state index contributed by atoms with van der Waals surface area (Å²) in [5.41, 5.74) is 0. The first-order chi connectivity index (χ1) is 4.72. The van der Waals surface area contributed by atoms with E-state index in [4.69, 9.17) is 0 Å². The van der Waals surface area contributed by atoms with Crippen LogP contribution >= 0.6 is 0 Å². The fraction of sp³-hybridized carbons (Fsp3) is 0.875. The Morgan fingerprint density at radius 1 is 1.45 bits per heavy atom. The molecule has 0 aromatic rings. The molecule has 0 rings (SSSR count). The molecule has 0 saturated carbocycles. The number of aliphatic carboxylic acids is 1. The van der Waals surface area contributed by atoms with Gasteiger partial charge in [0.2, 0.25) is 0 Å². The molecular formula is C8H15O2Pb+. The van der Waals surface area contributed by atoms with E-state index in [9.17, 15) is 9.90 Å². The molecule has 0 aliphatic rings. The van der Waals surface area contributed by atoms with Crippen molar-refractivity contribution in [2.75, 3.05) is 0 Å². The van der Waals surface area contributed by atoms with Crippen molar-refractivity contribution in [3.05, 3.63) is 0 Å². The summed E-state index contributed by atoms with van der Waals surface area (Å²) in [7, 11) is 0. The van der Waals surface area contributed by atoms with Gasteiger partial charge in [0.15, 0.2) is 0 Å². The van der Waals surface area contributed by atoms with E-state index >= 15 is 0 Å². The minimum atomic E-state index is -0.893. The maximum absolute atomic E-state index is 10.3. The van der Waals surface area contributed by atoms with Gasteiger partial charge >= 0.3 is 27.3 Å². The van der Waals surface area contributed by atoms with Gasteiger partial charge in [-0.05, 0) is 18.8 Å². The van der Waals surface area contributed by atoms with Crippen LogP contribution in [-0.4, -0.2) is 33.3 Å². The number of hydrogen-bond acceptors (Lipinski definition) is 2. The Hall–Kier alpha value is 0.392. The number of carbonyl (C=O) groups is 1. The van der Waals surface area contributed by atoms with Crippen LogP contribution in [0.4, 0.5) is 0 Å². The zero-order valence-electron chi connectivity index (χ0n) is 7.22. The van der Waals surface area contributed by atoms with Crippen LogP contribution in [0.3, 0.4) is 0 Å². The number of rotatable bonds is 5. The summed E-state index contributed by atoms with van der Waals surface area (Å²) in [4.78, 5) is 10.3. The topological polar surface area (TPSA) is 40.1 Å². The van der Waals surface area contributed by atoms with Crippen molar-refractivity contribution in [3.63, 3.8) is 0 Å². The van der Waals surface area contributed by atoms with Crippen LogP contribution < -0.4 is 5.11 Å². The molecule has 11 heavy (non-hydrogen) atoms. The van der Waals surface area contributed by atoms with Crippen LogP contribution in [0.2, 0.25) is 0 Å². The van der Waals surface area contributed by atoms with Gasteiger partial charge in [0.05, 0.1) is 0 Å². The van der Waals surface area contributed by atoms with E-state index in [0.29, 0.717) is 6.42 Å². The second kappa shape index (κ2) is 8.49. The Labute approximate surface area is 88.5 Å². The summed E-state index contributed by atoms with van der Waals surface area (Å²) in [6, 6.07) is 0.